The van der Waals surface area contributed by atoms with Crippen LogP contribution in [0.1, 0.15) is 15.9 Å². The molecule has 0 spiro atoms. The SMILES string of the molecule is COc1ccc(C(=O)Oc2c(Br)cc(/C=N\NC(=O)CSc3nc4ccccc4o3)cc2OC)cc1. The first-order chi connectivity index (χ1) is 17.5. The summed E-state index contributed by atoms with van der Waals surface area (Å²) in [5.41, 5.74) is 4.82. The molecule has 0 radical (unpaired) electrons. The summed E-state index contributed by atoms with van der Waals surface area (Å²) >= 11 is 4.57. The van der Waals surface area contributed by atoms with Gasteiger partial charge < -0.3 is 18.6 Å². The maximum absolute atomic E-state index is 12.6. The molecule has 4 rings (SSSR count). The molecule has 0 fully saturated rings. The van der Waals surface area contributed by atoms with Crippen molar-refractivity contribution in [1.29, 1.82) is 0 Å². The van der Waals surface area contributed by atoms with Crippen molar-refractivity contribution in [3.05, 3.63) is 76.3 Å². The van der Waals surface area contributed by atoms with E-state index in [0.29, 0.717) is 37.9 Å². The number of benzene rings is 3. The molecule has 3 aromatic carbocycles. The van der Waals surface area contributed by atoms with E-state index in [1.807, 2.05) is 24.3 Å². The molecule has 0 saturated heterocycles. The highest BCUT2D eigenvalue weighted by molar-refractivity contribution is 9.10. The van der Waals surface area contributed by atoms with Crippen molar-refractivity contribution in [2.45, 2.75) is 5.22 Å². The lowest BCUT2D eigenvalue weighted by Crippen LogP contribution is -2.19. The number of rotatable bonds is 9. The van der Waals surface area contributed by atoms with E-state index in [1.54, 1.807) is 43.5 Å². The maximum atomic E-state index is 12.6. The fourth-order valence-corrected chi connectivity index (χ4v) is 4.21. The van der Waals surface area contributed by atoms with Crippen LogP contribution in [-0.2, 0) is 4.79 Å². The van der Waals surface area contributed by atoms with E-state index in [4.69, 9.17) is 18.6 Å². The van der Waals surface area contributed by atoms with Crippen LogP contribution in [0.2, 0.25) is 0 Å². The number of oxazole rings is 1. The molecular weight excluding hydrogens is 550 g/mol. The first-order valence-electron chi connectivity index (χ1n) is 10.5. The van der Waals surface area contributed by atoms with Crippen molar-refractivity contribution in [2.75, 3.05) is 20.0 Å². The van der Waals surface area contributed by atoms with Crippen LogP contribution in [0.15, 0.2) is 79.9 Å². The van der Waals surface area contributed by atoms with E-state index in [2.05, 4.69) is 31.4 Å². The fourth-order valence-electron chi connectivity index (χ4n) is 3.04. The van der Waals surface area contributed by atoms with Gasteiger partial charge in [-0.2, -0.15) is 5.10 Å². The number of hydrogen-bond acceptors (Lipinski definition) is 9. The van der Waals surface area contributed by atoms with Crippen LogP contribution < -0.4 is 19.6 Å². The van der Waals surface area contributed by atoms with E-state index in [0.717, 1.165) is 5.52 Å². The molecule has 0 atom stereocenters. The summed E-state index contributed by atoms with van der Waals surface area (Å²) in [6, 6.07) is 17.2. The number of ether oxygens (including phenoxy) is 3. The van der Waals surface area contributed by atoms with Gasteiger partial charge in [0.1, 0.15) is 11.3 Å². The van der Waals surface area contributed by atoms with Crippen LogP contribution in [-0.4, -0.2) is 43.0 Å². The normalized spacial score (nSPS) is 11.0. The molecule has 4 aromatic rings. The van der Waals surface area contributed by atoms with Crippen LogP contribution in [0.5, 0.6) is 17.2 Å². The van der Waals surface area contributed by atoms with Crippen LogP contribution in [0.3, 0.4) is 0 Å². The lowest BCUT2D eigenvalue weighted by molar-refractivity contribution is -0.118. The minimum atomic E-state index is -0.554. The van der Waals surface area contributed by atoms with E-state index < -0.39 is 5.97 Å². The Hall–Kier alpha value is -3.83. The van der Waals surface area contributed by atoms with E-state index in [9.17, 15) is 9.59 Å². The Balaban J connectivity index is 1.36. The first kappa shape index (κ1) is 25.3. The van der Waals surface area contributed by atoms with Crippen LogP contribution >= 0.6 is 27.7 Å². The lowest BCUT2D eigenvalue weighted by Gasteiger charge is -2.12. The van der Waals surface area contributed by atoms with Gasteiger partial charge in [0, 0.05) is 0 Å². The van der Waals surface area contributed by atoms with Gasteiger partial charge in [0.15, 0.2) is 17.1 Å². The van der Waals surface area contributed by atoms with Crippen LogP contribution in [0, 0.1) is 0 Å². The molecule has 11 heteroatoms. The molecule has 0 saturated carbocycles. The highest BCUT2D eigenvalue weighted by Gasteiger charge is 2.17. The van der Waals surface area contributed by atoms with Gasteiger partial charge in [0.05, 0.1) is 36.2 Å². The summed E-state index contributed by atoms with van der Waals surface area (Å²) in [5, 5.41) is 4.39. The first-order valence-corrected chi connectivity index (χ1v) is 12.3. The Morgan fingerprint density at radius 2 is 1.89 bits per heavy atom. The second-order valence-corrected chi connectivity index (χ2v) is 8.96. The van der Waals surface area contributed by atoms with Crippen molar-refractivity contribution in [1.82, 2.24) is 10.4 Å². The van der Waals surface area contributed by atoms with Gasteiger partial charge in [-0.3, -0.25) is 4.79 Å². The third-order valence-corrected chi connectivity index (χ3v) is 6.19. The van der Waals surface area contributed by atoms with E-state index in [-0.39, 0.29) is 17.4 Å². The molecule has 1 amide bonds. The van der Waals surface area contributed by atoms with Gasteiger partial charge in [-0.05, 0) is 70.0 Å². The minimum Gasteiger partial charge on any atom is -0.497 e. The molecule has 36 heavy (non-hydrogen) atoms. The zero-order valence-corrected chi connectivity index (χ0v) is 21.6. The Morgan fingerprint density at radius 3 is 2.61 bits per heavy atom. The molecule has 0 unspecified atom stereocenters. The molecule has 184 valence electrons. The Kier molecular flexibility index (Phi) is 8.24. The number of fused-ring (bicyclic) bond motifs is 1. The molecule has 1 N–H and O–H groups in total. The van der Waals surface area contributed by atoms with Crippen molar-refractivity contribution in [2.24, 2.45) is 5.10 Å². The molecule has 1 heterocycles. The number of para-hydroxylation sites is 2. The van der Waals surface area contributed by atoms with Gasteiger partial charge in [-0.25, -0.2) is 15.2 Å². The largest absolute Gasteiger partial charge is 0.497 e. The molecular formula is C25H20BrN3O6S. The highest BCUT2D eigenvalue weighted by atomic mass is 79.9. The number of aromatic nitrogens is 1. The van der Waals surface area contributed by atoms with Crippen molar-refractivity contribution in [3.63, 3.8) is 0 Å². The second-order valence-electron chi connectivity index (χ2n) is 7.18. The second kappa shape index (κ2) is 11.7. The van der Waals surface area contributed by atoms with Crippen LogP contribution in [0.4, 0.5) is 0 Å². The number of hydrazone groups is 1. The van der Waals surface area contributed by atoms with Gasteiger partial charge in [0.2, 0.25) is 0 Å². The summed E-state index contributed by atoms with van der Waals surface area (Å²) in [7, 11) is 3.00. The monoisotopic (exact) mass is 569 g/mol. The predicted molar refractivity (Wildman–Crippen MR) is 139 cm³/mol. The summed E-state index contributed by atoms with van der Waals surface area (Å²) in [6.45, 7) is 0. The molecule has 0 aliphatic rings. The smallest absolute Gasteiger partial charge is 0.343 e. The van der Waals surface area contributed by atoms with Gasteiger partial charge in [-0.15, -0.1) is 0 Å². The maximum Gasteiger partial charge on any atom is 0.343 e. The number of carbonyl (C=O) groups is 2. The standard InChI is InChI=1S/C25H20BrN3O6S/c1-32-17-9-7-16(8-10-17)24(31)35-23-18(26)11-15(12-21(23)33-2)13-27-29-22(30)14-36-25-28-19-5-3-4-6-20(19)34-25/h3-13H,14H2,1-2H3,(H,29,30)/b27-13-. The van der Waals surface area contributed by atoms with Crippen LogP contribution in [0.25, 0.3) is 11.1 Å². The summed E-state index contributed by atoms with van der Waals surface area (Å²) < 4.78 is 22.1. The van der Waals surface area contributed by atoms with Crippen molar-refractivity contribution < 1.29 is 28.2 Å². The van der Waals surface area contributed by atoms with Gasteiger partial charge in [-0.1, -0.05) is 23.9 Å². The highest BCUT2D eigenvalue weighted by Crippen LogP contribution is 2.37. The fraction of sp³-hybridized carbons (Fsp3) is 0.120. The molecule has 1 aromatic heterocycles. The Morgan fingerprint density at radius 1 is 1.11 bits per heavy atom. The summed E-state index contributed by atoms with van der Waals surface area (Å²) in [5.74, 6) is 0.360. The Labute approximate surface area is 219 Å². The van der Waals surface area contributed by atoms with Gasteiger partial charge in [0.25, 0.3) is 11.1 Å². The third-order valence-electron chi connectivity index (χ3n) is 4.78. The average molecular weight is 570 g/mol. The zero-order valence-electron chi connectivity index (χ0n) is 19.2. The number of hydrogen-bond donors (Lipinski definition) is 1. The quantitative estimate of drug-likeness (QED) is 0.0977. The number of halogens is 1. The zero-order chi connectivity index (χ0) is 25.5. The van der Waals surface area contributed by atoms with E-state index in [1.165, 1.54) is 25.1 Å². The topological polar surface area (TPSA) is 112 Å². The molecule has 0 aliphatic heterocycles. The van der Waals surface area contributed by atoms with E-state index >= 15 is 0 Å². The third kappa shape index (κ3) is 6.23. The molecule has 0 bridgehead atoms. The number of nitrogens with zero attached hydrogens (tertiary/aromatic N) is 2. The lowest BCUT2D eigenvalue weighted by atomic mass is 10.2. The number of esters is 1. The number of carbonyl (C=O) groups excluding carboxylic acids is 2. The predicted octanol–water partition coefficient (Wildman–Crippen LogP) is 5.07. The average Bonchev–Trinajstić information content (AvgIpc) is 3.32. The number of nitrogens with one attached hydrogen (secondary N) is 1. The number of methoxy groups -OCH3 is 2. The summed E-state index contributed by atoms with van der Waals surface area (Å²) in [4.78, 5) is 29.0. The van der Waals surface area contributed by atoms with Crippen molar-refractivity contribution >= 4 is 56.9 Å². The molecule has 0 aliphatic carbocycles. The number of amides is 1. The minimum absolute atomic E-state index is 0.0808. The molecule has 9 nitrogen and oxygen atoms in total. The van der Waals surface area contributed by atoms with Crippen molar-refractivity contribution in [3.8, 4) is 17.2 Å². The number of thioether (sulfide) groups is 1. The summed E-state index contributed by atoms with van der Waals surface area (Å²) in [6.07, 6.45) is 1.45. The van der Waals surface area contributed by atoms with Gasteiger partial charge >= 0.3 is 5.97 Å². The Bertz CT molecular complexity index is 1390.